The highest BCUT2D eigenvalue weighted by Crippen LogP contribution is 2.44. The van der Waals surface area contributed by atoms with E-state index >= 15 is 0 Å². The number of aliphatic carboxylic acids is 1. The fourth-order valence-electron chi connectivity index (χ4n) is 5.55. The Labute approximate surface area is 239 Å². The molecule has 0 aliphatic heterocycles. The molecule has 1 aromatic heterocycles. The Morgan fingerprint density at radius 1 is 0.927 bits per heavy atom. The average Bonchev–Trinajstić information content (AvgIpc) is 3.44. The SMILES string of the molecule is CN(C(=O)OCC1c2ccccc2-c2ccccc21)[C@@H](Cc1cn(CC(=O)OC(C)(C)C)c2ccccc12)C(=O)O. The van der Waals surface area contributed by atoms with Crippen LogP contribution in [0.5, 0.6) is 0 Å². The van der Waals surface area contributed by atoms with Gasteiger partial charge in [0.25, 0.3) is 0 Å². The maximum atomic E-state index is 13.2. The van der Waals surface area contributed by atoms with E-state index < -0.39 is 29.7 Å². The summed E-state index contributed by atoms with van der Waals surface area (Å²) in [4.78, 5) is 39.2. The van der Waals surface area contributed by atoms with Gasteiger partial charge < -0.3 is 19.1 Å². The van der Waals surface area contributed by atoms with Crippen LogP contribution in [0.15, 0.2) is 79.0 Å². The first kappa shape index (κ1) is 28.0. The molecular formula is C33H34N2O6. The van der Waals surface area contributed by atoms with Gasteiger partial charge in [-0.3, -0.25) is 9.69 Å². The normalized spacial score (nSPS) is 13.4. The molecule has 0 radical (unpaired) electrons. The summed E-state index contributed by atoms with van der Waals surface area (Å²) >= 11 is 0. The van der Waals surface area contributed by atoms with Gasteiger partial charge in [0, 0.05) is 36.5 Å². The number of ether oxygens (including phenoxy) is 2. The van der Waals surface area contributed by atoms with Crippen molar-refractivity contribution in [3.05, 3.63) is 95.7 Å². The van der Waals surface area contributed by atoms with E-state index in [0.717, 1.165) is 38.1 Å². The third kappa shape index (κ3) is 5.82. The van der Waals surface area contributed by atoms with Crippen molar-refractivity contribution in [3.63, 3.8) is 0 Å². The Morgan fingerprint density at radius 3 is 2.12 bits per heavy atom. The number of fused-ring (bicyclic) bond motifs is 4. The molecule has 4 aromatic rings. The van der Waals surface area contributed by atoms with E-state index in [-0.39, 0.29) is 25.5 Å². The van der Waals surface area contributed by atoms with E-state index in [1.54, 1.807) is 31.5 Å². The van der Waals surface area contributed by atoms with Gasteiger partial charge in [-0.1, -0.05) is 66.7 Å². The number of para-hydroxylation sites is 1. The van der Waals surface area contributed by atoms with E-state index in [2.05, 4.69) is 12.1 Å². The van der Waals surface area contributed by atoms with Gasteiger partial charge >= 0.3 is 18.0 Å². The van der Waals surface area contributed by atoms with E-state index in [0.29, 0.717) is 5.56 Å². The largest absolute Gasteiger partial charge is 0.480 e. The van der Waals surface area contributed by atoms with Crippen molar-refractivity contribution < 1.29 is 29.0 Å². The number of amides is 1. The van der Waals surface area contributed by atoms with Crippen LogP contribution >= 0.6 is 0 Å². The summed E-state index contributed by atoms with van der Waals surface area (Å²) in [6.45, 7) is 5.50. The minimum Gasteiger partial charge on any atom is -0.480 e. The number of aromatic nitrogens is 1. The second kappa shape index (κ2) is 11.1. The number of hydrogen-bond acceptors (Lipinski definition) is 5. The lowest BCUT2D eigenvalue weighted by molar-refractivity contribution is -0.155. The van der Waals surface area contributed by atoms with Crippen molar-refractivity contribution in [2.24, 2.45) is 0 Å². The fourth-order valence-corrected chi connectivity index (χ4v) is 5.55. The van der Waals surface area contributed by atoms with Crippen molar-refractivity contribution in [2.45, 2.75) is 51.3 Å². The standard InChI is InChI=1S/C33H34N2O6/c1-33(2,3)41-30(36)19-35-18-21(22-11-9-10-16-28(22)35)17-29(31(37)38)34(4)32(39)40-20-27-25-14-7-5-12-23(25)24-13-6-8-15-26(24)27/h5-16,18,27,29H,17,19-20H2,1-4H3,(H,37,38)/t29-/m0/s1. The van der Waals surface area contributed by atoms with Crippen LogP contribution < -0.4 is 0 Å². The summed E-state index contributed by atoms with van der Waals surface area (Å²) in [6, 6.07) is 22.4. The molecule has 0 saturated carbocycles. The van der Waals surface area contributed by atoms with Gasteiger partial charge in [-0.2, -0.15) is 0 Å². The maximum Gasteiger partial charge on any atom is 0.410 e. The van der Waals surface area contributed by atoms with Gasteiger partial charge in [0.2, 0.25) is 0 Å². The molecule has 1 heterocycles. The van der Waals surface area contributed by atoms with E-state index in [1.807, 2.05) is 60.7 Å². The lowest BCUT2D eigenvalue weighted by Gasteiger charge is -2.25. The summed E-state index contributed by atoms with van der Waals surface area (Å²) in [5, 5.41) is 10.9. The summed E-state index contributed by atoms with van der Waals surface area (Å²) in [6.07, 6.45) is 1.09. The number of hydrogen-bond donors (Lipinski definition) is 1. The third-order valence-corrected chi connectivity index (χ3v) is 7.38. The van der Waals surface area contributed by atoms with Crippen LogP contribution in [-0.4, -0.2) is 57.9 Å². The number of carbonyl (C=O) groups is 3. The van der Waals surface area contributed by atoms with Crippen LogP contribution in [-0.2, 0) is 32.0 Å². The molecule has 1 atom stereocenters. The Balaban J connectivity index is 1.33. The molecule has 0 fully saturated rings. The molecule has 212 valence electrons. The zero-order valence-corrected chi connectivity index (χ0v) is 23.7. The molecule has 1 aliphatic carbocycles. The molecule has 41 heavy (non-hydrogen) atoms. The van der Waals surface area contributed by atoms with E-state index in [4.69, 9.17) is 9.47 Å². The van der Waals surface area contributed by atoms with Crippen molar-refractivity contribution in [1.29, 1.82) is 0 Å². The highest BCUT2D eigenvalue weighted by Gasteiger charge is 2.32. The van der Waals surface area contributed by atoms with Gasteiger partial charge in [0.15, 0.2) is 0 Å². The van der Waals surface area contributed by atoms with Crippen molar-refractivity contribution >= 4 is 28.9 Å². The average molecular weight is 555 g/mol. The minimum atomic E-state index is -1.17. The third-order valence-electron chi connectivity index (χ3n) is 7.38. The number of esters is 1. The minimum absolute atomic E-state index is 0.0161. The zero-order chi connectivity index (χ0) is 29.3. The molecular weight excluding hydrogens is 520 g/mol. The molecule has 8 nitrogen and oxygen atoms in total. The number of likely N-dealkylation sites (N-methyl/N-ethyl adjacent to an activating group) is 1. The highest BCUT2D eigenvalue weighted by molar-refractivity contribution is 5.87. The lowest BCUT2D eigenvalue weighted by Crippen LogP contribution is -2.44. The Bertz CT molecular complexity index is 1570. The number of carbonyl (C=O) groups excluding carboxylic acids is 2. The first-order valence-electron chi connectivity index (χ1n) is 13.6. The Hall–Kier alpha value is -4.59. The first-order valence-corrected chi connectivity index (χ1v) is 13.6. The van der Waals surface area contributed by atoms with Crippen LogP contribution in [0, 0.1) is 0 Å². The summed E-state index contributed by atoms with van der Waals surface area (Å²) in [5.74, 6) is -1.67. The van der Waals surface area contributed by atoms with Gasteiger partial charge in [-0.15, -0.1) is 0 Å². The van der Waals surface area contributed by atoms with E-state index in [9.17, 15) is 19.5 Å². The van der Waals surface area contributed by atoms with Crippen molar-refractivity contribution in [2.75, 3.05) is 13.7 Å². The number of benzene rings is 3. The molecule has 0 saturated heterocycles. The number of carboxylic acids is 1. The molecule has 0 bridgehead atoms. The molecule has 8 heteroatoms. The molecule has 1 aliphatic rings. The molecule has 1 N–H and O–H groups in total. The Kier molecular flexibility index (Phi) is 7.58. The first-order chi connectivity index (χ1) is 19.5. The van der Waals surface area contributed by atoms with Gasteiger partial charge in [-0.25, -0.2) is 9.59 Å². The van der Waals surface area contributed by atoms with Gasteiger partial charge in [-0.05, 0) is 54.7 Å². The van der Waals surface area contributed by atoms with Crippen molar-refractivity contribution in [3.8, 4) is 11.1 Å². The highest BCUT2D eigenvalue weighted by atomic mass is 16.6. The van der Waals surface area contributed by atoms with Crippen LogP contribution in [0.25, 0.3) is 22.0 Å². The summed E-state index contributed by atoms with van der Waals surface area (Å²) in [7, 11) is 1.44. The second-order valence-corrected chi connectivity index (χ2v) is 11.4. The molecule has 0 spiro atoms. The van der Waals surface area contributed by atoms with Gasteiger partial charge in [0.1, 0.15) is 24.8 Å². The summed E-state index contributed by atoms with van der Waals surface area (Å²) < 4.78 is 13.0. The van der Waals surface area contributed by atoms with Crippen LogP contribution in [0.3, 0.4) is 0 Å². The second-order valence-electron chi connectivity index (χ2n) is 11.4. The monoisotopic (exact) mass is 554 g/mol. The molecule has 3 aromatic carbocycles. The van der Waals surface area contributed by atoms with Crippen LogP contribution in [0.2, 0.25) is 0 Å². The quantitative estimate of drug-likeness (QED) is 0.274. The number of rotatable bonds is 8. The van der Waals surface area contributed by atoms with Gasteiger partial charge in [0.05, 0.1) is 0 Å². The number of nitrogens with zero attached hydrogens (tertiary/aromatic N) is 2. The zero-order valence-electron chi connectivity index (χ0n) is 23.7. The molecule has 0 unspecified atom stereocenters. The van der Waals surface area contributed by atoms with E-state index in [1.165, 1.54) is 7.05 Å². The van der Waals surface area contributed by atoms with Crippen LogP contribution in [0.1, 0.15) is 43.4 Å². The maximum absolute atomic E-state index is 13.2. The van der Waals surface area contributed by atoms with Crippen LogP contribution in [0.4, 0.5) is 4.79 Å². The molecule has 5 rings (SSSR count). The topological polar surface area (TPSA) is 98.1 Å². The van der Waals surface area contributed by atoms with Crippen molar-refractivity contribution in [1.82, 2.24) is 9.47 Å². The predicted molar refractivity (Wildman–Crippen MR) is 156 cm³/mol. The summed E-state index contributed by atoms with van der Waals surface area (Å²) in [5.41, 5.74) is 5.25. The Morgan fingerprint density at radius 2 is 1.51 bits per heavy atom. The smallest absolute Gasteiger partial charge is 0.410 e. The molecule has 1 amide bonds. The fraction of sp³-hybridized carbons (Fsp3) is 0.303. The predicted octanol–water partition coefficient (Wildman–Crippen LogP) is 5.86. The lowest BCUT2D eigenvalue weighted by atomic mass is 9.98. The number of carboxylic acid groups (broad SMARTS) is 1.